The molecule has 0 aromatic carbocycles. The van der Waals surface area contributed by atoms with Gasteiger partial charge in [-0.3, -0.25) is 14.4 Å². The van der Waals surface area contributed by atoms with Crippen LogP contribution >= 0.6 is 0 Å². The quantitative estimate of drug-likeness (QED) is 0.0348. The Morgan fingerprint density at radius 3 is 0.945 bits per heavy atom. The summed E-state index contributed by atoms with van der Waals surface area (Å²) in [7, 11) is 0. The molecule has 0 aromatic rings. The van der Waals surface area contributed by atoms with E-state index in [4.69, 9.17) is 14.2 Å². The predicted octanol–water partition coefficient (Wildman–Crippen LogP) is 15.5. The van der Waals surface area contributed by atoms with Crippen LogP contribution in [0.15, 0.2) is 0 Å². The molecule has 55 heavy (non-hydrogen) atoms. The van der Waals surface area contributed by atoms with E-state index in [-0.39, 0.29) is 31.1 Å². The minimum absolute atomic E-state index is 0.0634. The molecule has 0 aliphatic carbocycles. The molecular weight excluding hydrogens is 685 g/mol. The Hall–Kier alpha value is -1.59. The lowest BCUT2D eigenvalue weighted by Gasteiger charge is -2.18. The summed E-state index contributed by atoms with van der Waals surface area (Å²) in [6, 6.07) is 0. The molecule has 0 bridgehead atoms. The zero-order valence-corrected chi connectivity index (χ0v) is 37.4. The highest BCUT2D eigenvalue weighted by Gasteiger charge is 2.19. The Labute approximate surface area is 342 Å². The summed E-state index contributed by atoms with van der Waals surface area (Å²) in [4.78, 5) is 37.8. The van der Waals surface area contributed by atoms with Crippen LogP contribution in [0.3, 0.4) is 0 Å². The Bertz CT molecular complexity index is 828. The molecule has 6 nitrogen and oxygen atoms in total. The topological polar surface area (TPSA) is 78.9 Å². The maximum atomic E-state index is 12.7. The second-order valence-corrected chi connectivity index (χ2v) is 17.0. The average molecular weight is 779 g/mol. The van der Waals surface area contributed by atoms with E-state index in [2.05, 4.69) is 27.7 Å². The molecule has 0 aliphatic rings. The molecule has 0 heterocycles. The smallest absolute Gasteiger partial charge is 0.306 e. The van der Waals surface area contributed by atoms with Gasteiger partial charge < -0.3 is 14.2 Å². The number of ether oxygens (including phenoxy) is 3. The molecule has 0 radical (unpaired) electrons. The van der Waals surface area contributed by atoms with Crippen LogP contribution in [0.25, 0.3) is 0 Å². The van der Waals surface area contributed by atoms with E-state index in [0.717, 1.165) is 63.7 Å². The van der Waals surface area contributed by atoms with Crippen LogP contribution in [0.5, 0.6) is 0 Å². The summed E-state index contributed by atoms with van der Waals surface area (Å²) in [5, 5.41) is 0. The number of carbonyl (C=O) groups is 3. The first-order chi connectivity index (χ1) is 26.9. The number of carbonyl (C=O) groups excluding carboxylic acids is 3. The lowest BCUT2D eigenvalue weighted by molar-refractivity contribution is -0.167. The van der Waals surface area contributed by atoms with E-state index in [1.54, 1.807) is 0 Å². The monoisotopic (exact) mass is 779 g/mol. The molecule has 0 aromatic heterocycles. The van der Waals surface area contributed by atoms with Gasteiger partial charge in [-0.2, -0.15) is 0 Å². The molecule has 0 aliphatic heterocycles. The first kappa shape index (κ1) is 53.4. The molecule has 0 saturated carbocycles. The van der Waals surface area contributed by atoms with E-state index >= 15 is 0 Å². The maximum Gasteiger partial charge on any atom is 0.306 e. The summed E-state index contributed by atoms with van der Waals surface area (Å²) in [6.07, 6.45) is 43.6. The molecule has 0 spiro atoms. The molecule has 6 heteroatoms. The van der Waals surface area contributed by atoms with Gasteiger partial charge in [-0.05, 0) is 25.2 Å². The summed E-state index contributed by atoms with van der Waals surface area (Å²) in [5.41, 5.74) is 0. The number of hydrogen-bond donors (Lipinski definition) is 0. The van der Waals surface area contributed by atoms with Gasteiger partial charge in [0.2, 0.25) is 0 Å². The number of esters is 3. The number of hydrogen-bond acceptors (Lipinski definition) is 6. The van der Waals surface area contributed by atoms with E-state index in [9.17, 15) is 14.4 Å². The first-order valence-corrected chi connectivity index (χ1v) is 24.4. The van der Waals surface area contributed by atoms with Crippen LogP contribution in [-0.4, -0.2) is 37.2 Å². The Morgan fingerprint density at radius 1 is 0.364 bits per heavy atom. The van der Waals surface area contributed by atoms with Crippen LogP contribution in [0, 0.1) is 5.92 Å². The molecule has 326 valence electrons. The van der Waals surface area contributed by atoms with Gasteiger partial charge in [0.1, 0.15) is 13.2 Å². The Morgan fingerprint density at radius 2 is 0.636 bits per heavy atom. The number of rotatable bonds is 44. The van der Waals surface area contributed by atoms with Crippen LogP contribution < -0.4 is 0 Å². The van der Waals surface area contributed by atoms with E-state index in [0.29, 0.717) is 19.3 Å². The van der Waals surface area contributed by atoms with Gasteiger partial charge >= 0.3 is 17.9 Å². The summed E-state index contributed by atoms with van der Waals surface area (Å²) >= 11 is 0. The van der Waals surface area contributed by atoms with Gasteiger partial charge in [0, 0.05) is 19.3 Å². The SMILES string of the molecule is CCCCCCCCCCCCCCCC(=O)O[C@@H](COC(=O)CCCCCCCCCCCCCC)COC(=O)CCCCCCCCCCC(C)CC. The van der Waals surface area contributed by atoms with Crippen LogP contribution in [-0.2, 0) is 28.6 Å². The van der Waals surface area contributed by atoms with Gasteiger partial charge in [0.25, 0.3) is 0 Å². The molecular formula is C49H94O6. The van der Waals surface area contributed by atoms with Gasteiger partial charge in [-0.25, -0.2) is 0 Å². The average Bonchev–Trinajstić information content (AvgIpc) is 3.18. The van der Waals surface area contributed by atoms with Gasteiger partial charge in [-0.1, -0.05) is 233 Å². The summed E-state index contributed by atoms with van der Waals surface area (Å²) < 4.78 is 16.8. The van der Waals surface area contributed by atoms with Crippen LogP contribution in [0.1, 0.15) is 272 Å². The Balaban J connectivity index is 4.34. The lowest BCUT2D eigenvalue weighted by atomic mass is 9.99. The second kappa shape index (κ2) is 43.5. The molecule has 0 saturated heterocycles. The van der Waals surface area contributed by atoms with Gasteiger partial charge in [0.05, 0.1) is 0 Å². The minimum atomic E-state index is -0.760. The molecule has 0 amide bonds. The molecule has 0 N–H and O–H groups in total. The van der Waals surface area contributed by atoms with E-state index in [1.807, 2.05) is 0 Å². The van der Waals surface area contributed by atoms with Crippen LogP contribution in [0.2, 0.25) is 0 Å². The van der Waals surface area contributed by atoms with Crippen molar-refractivity contribution < 1.29 is 28.6 Å². The third-order valence-electron chi connectivity index (χ3n) is 11.4. The molecule has 0 fully saturated rings. The van der Waals surface area contributed by atoms with Crippen molar-refractivity contribution >= 4 is 17.9 Å². The van der Waals surface area contributed by atoms with Crippen molar-refractivity contribution in [2.75, 3.05) is 13.2 Å². The molecule has 2 atom stereocenters. The zero-order chi connectivity index (χ0) is 40.3. The van der Waals surface area contributed by atoms with Crippen molar-refractivity contribution in [3.8, 4) is 0 Å². The fourth-order valence-electron chi connectivity index (χ4n) is 7.30. The van der Waals surface area contributed by atoms with E-state index in [1.165, 1.54) is 167 Å². The first-order valence-electron chi connectivity index (χ1n) is 24.4. The highest BCUT2D eigenvalue weighted by molar-refractivity contribution is 5.71. The van der Waals surface area contributed by atoms with Crippen molar-refractivity contribution in [2.45, 2.75) is 278 Å². The Kier molecular flexibility index (Phi) is 42.3. The third kappa shape index (κ3) is 41.9. The zero-order valence-electron chi connectivity index (χ0n) is 37.4. The van der Waals surface area contributed by atoms with Crippen molar-refractivity contribution in [3.63, 3.8) is 0 Å². The van der Waals surface area contributed by atoms with Crippen molar-refractivity contribution in [1.82, 2.24) is 0 Å². The summed E-state index contributed by atoms with van der Waals surface area (Å²) in [6.45, 7) is 9.01. The van der Waals surface area contributed by atoms with Crippen molar-refractivity contribution in [2.24, 2.45) is 5.92 Å². The normalized spacial score (nSPS) is 12.4. The minimum Gasteiger partial charge on any atom is -0.462 e. The second-order valence-electron chi connectivity index (χ2n) is 17.0. The fraction of sp³-hybridized carbons (Fsp3) is 0.939. The maximum absolute atomic E-state index is 12.7. The van der Waals surface area contributed by atoms with E-state index < -0.39 is 6.10 Å². The van der Waals surface area contributed by atoms with Crippen molar-refractivity contribution in [3.05, 3.63) is 0 Å². The molecule has 0 rings (SSSR count). The van der Waals surface area contributed by atoms with Gasteiger partial charge in [-0.15, -0.1) is 0 Å². The third-order valence-corrected chi connectivity index (χ3v) is 11.4. The predicted molar refractivity (Wildman–Crippen MR) is 233 cm³/mol. The lowest BCUT2D eigenvalue weighted by Crippen LogP contribution is -2.30. The highest BCUT2D eigenvalue weighted by atomic mass is 16.6. The number of unbranched alkanes of at least 4 members (excludes halogenated alkanes) is 30. The highest BCUT2D eigenvalue weighted by Crippen LogP contribution is 2.17. The van der Waals surface area contributed by atoms with Crippen LogP contribution in [0.4, 0.5) is 0 Å². The fourth-order valence-corrected chi connectivity index (χ4v) is 7.30. The van der Waals surface area contributed by atoms with Gasteiger partial charge in [0.15, 0.2) is 6.10 Å². The molecule has 1 unspecified atom stereocenters. The summed E-state index contributed by atoms with van der Waals surface area (Å²) in [5.74, 6) is -0.00201. The largest absolute Gasteiger partial charge is 0.462 e. The standard InChI is InChI=1S/C49H94O6/c1-5-8-10-12-14-16-18-20-22-24-30-34-38-42-49(52)55-46(43-53-47(50)40-36-32-28-23-21-19-17-15-13-11-9-6-2)44-54-48(51)41-37-33-29-26-25-27-31-35-39-45(4)7-3/h45-46H,5-44H2,1-4H3/t45?,46-/m0/s1. The van der Waals surface area contributed by atoms with Crippen molar-refractivity contribution in [1.29, 1.82) is 0 Å².